The van der Waals surface area contributed by atoms with Gasteiger partial charge in [0.1, 0.15) is 0 Å². The Morgan fingerprint density at radius 3 is 2.22 bits per heavy atom. The lowest BCUT2D eigenvalue weighted by Gasteiger charge is -2.34. The third-order valence-corrected chi connectivity index (χ3v) is 4.99. The van der Waals surface area contributed by atoms with Crippen molar-refractivity contribution in [1.82, 2.24) is 19.6 Å². The van der Waals surface area contributed by atoms with Gasteiger partial charge in [-0.05, 0) is 23.3 Å². The second-order valence-corrected chi connectivity index (χ2v) is 6.95. The van der Waals surface area contributed by atoms with Crippen LogP contribution in [0.1, 0.15) is 11.1 Å². The van der Waals surface area contributed by atoms with E-state index in [0.717, 1.165) is 44.0 Å². The summed E-state index contributed by atoms with van der Waals surface area (Å²) in [6.07, 6.45) is 4.14. The first-order chi connectivity index (χ1) is 13.3. The first kappa shape index (κ1) is 17.5. The van der Waals surface area contributed by atoms with Gasteiger partial charge in [-0.3, -0.25) is 9.69 Å². The Balaban J connectivity index is 1.29. The zero-order chi connectivity index (χ0) is 18.5. The first-order valence-electron chi connectivity index (χ1n) is 9.41. The number of piperazine rings is 1. The molecule has 2 aromatic carbocycles. The monoisotopic (exact) mass is 360 g/mol. The van der Waals surface area contributed by atoms with Crippen molar-refractivity contribution in [2.45, 2.75) is 13.0 Å². The van der Waals surface area contributed by atoms with E-state index in [0.29, 0.717) is 6.42 Å². The van der Waals surface area contributed by atoms with Gasteiger partial charge in [-0.25, -0.2) is 4.68 Å². The predicted octanol–water partition coefficient (Wildman–Crippen LogP) is 2.76. The minimum atomic E-state index is 0.182. The van der Waals surface area contributed by atoms with Gasteiger partial charge in [-0.2, -0.15) is 5.10 Å². The highest BCUT2D eigenvalue weighted by Gasteiger charge is 2.21. The van der Waals surface area contributed by atoms with Gasteiger partial charge in [0.15, 0.2) is 0 Å². The molecule has 0 N–H and O–H groups in total. The van der Waals surface area contributed by atoms with Crippen molar-refractivity contribution in [1.29, 1.82) is 0 Å². The van der Waals surface area contributed by atoms with Gasteiger partial charge in [-0.15, -0.1) is 0 Å². The number of carbonyl (C=O) groups excluding carboxylic acids is 1. The molecule has 27 heavy (non-hydrogen) atoms. The molecule has 2 heterocycles. The summed E-state index contributed by atoms with van der Waals surface area (Å²) < 4.78 is 1.82. The molecule has 0 bridgehead atoms. The molecule has 5 heteroatoms. The maximum atomic E-state index is 12.6. The molecule has 0 aliphatic carbocycles. The average molecular weight is 360 g/mol. The molecule has 138 valence electrons. The van der Waals surface area contributed by atoms with Gasteiger partial charge in [0.05, 0.1) is 18.3 Å². The van der Waals surface area contributed by atoms with Crippen LogP contribution in [0, 0.1) is 0 Å². The molecule has 0 spiro atoms. The average Bonchev–Trinajstić information content (AvgIpc) is 3.18. The summed E-state index contributed by atoms with van der Waals surface area (Å²) in [5, 5.41) is 4.38. The van der Waals surface area contributed by atoms with Crippen molar-refractivity contribution in [3.8, 4) is 5.69 Å². The smallest absolute Gasteiger partial charge is 0.227 e. The van der Waals surface area contributed by atoms with Crippen LogP contribution >= 0.6 is 0 Å². The van der Waals surface area contributed by atoms with Crippen LogP contribution in [-0.2, 0) is 17.8 Å². The van der Waals surface area contributed by atoms with Crippen LogP contribution < -0.4 is 0 Å². The summed E-state index contributed by atoms with van der Waals surface area (Å²) in [5.74, 6) is 0.182. The standard InChI is InChI=1S/C22H24N4O/c27-22(15-20-16-23-26(18-20)21-9-5-2-6-10-21)25-13-11-24(12-14-25)17-19-7-3-1-4-8-19/h1-10,16,18H,11-15,17H2. The number of hydrogen-bond donors (Lipinski definition) is 0. The predicted molar refractivity (Wildman–Crippen MR) is 106 cm³/mol. The van der Waals surface area contributed by atoms with Crippen molar-refractivity contribution in [3.05, 3.63) is 84.2 Å². The molecule has 1 amide bonds. The molecular formula is C22H24N4O. The lowest BCUT2D eigenvalue weighted by molar-refractivity contribution is -0.132. The molecule has 0 atom stereocenters. The molecule has 1 aliphatic rings. The van der Waals surface area contributed by atoms with Gasteiger partial charge in [-0.1, -0.05) is 48.5 Å². The van der Waals surface area contributed by atoms with Gasteiger partial charge in [0.2, 0.25) is 5.91 Å². The quantitative estimate of drug-likeness (QED) is 0.703. The fraction of sp³-hybridized carbons (Fsp3) is 0.273. The van der Waals surface area contributed by atoms with E-state index in [1.54, 1.807) is 6.20 Å². The van der Waals surface area contributed by atoms with E-state index >= 15 is 0 Å². The molecular weight excluding hydrogens is 336 g/mol. The number of amides is 1. The van der Waals surface area contributed by atoms with Gasteiger partial charge >= 0.3 is 0 Å². The van der Waals surface area contributed by atoms with E-state index in [4.69, 9.17) is 0 Å². The minimum absolute atomic E-state index is 0.182. The Hall–Kier alpha value is -2.92. The lowest BCUT2D eigenvalue weighted by Crippen LogP contribution is -2.48. The number of rotatable bonds is 5. The Bertz CT molecular complexity index is 868. The minimum Gasteiger partial charge on any atom is -0.340 e. The highest BCUT2D eigenvalue weighted by molar-refractivity contribution is 5.78. The number of hydrogen-bond acceptors (Lipinski definition) is 3. The highest BCUT2D eigenvalue weighted by Crippen LogP contribution is 2.12. The molecule has 0 saturated carbocycles. The summed E-state index contributed by atoms with van der Waals surface area (Å²) in [5.41, 5.74) is 3.28. The number of benzene rings is 2. The Labute approximate surface area is 159 Å². The Morgan fingerprint density at radius 2 is 1.52 bits per heavy atom. The summed E-state index contributed by atoms with van der Waals surface area (Å²) in [4.78, 5) is 17.0. The molecule has 1 aliphatic heterocycles. The van der Waals surface area contributed by atoms with E-state index in [1.165, 1.54) is 5.56 Å². The van der Waals surface area contributed by atoms with E-state index < -0.39 is 0 Å². The summed E-state index contributed by atoms with van der Waals surface area (Å²) >= 11 is 0. The Morgan fingerprint density at radius 1 is 0.852 bits per heavy atom. The Kier molecular flexibility index (Phi) is 5.30. The molecule has 0 radical (unpaired) electrons. The van der Waals surface area contributed by atoms with Crippen LogP contribution in [0.5, 0.6) is 0 Å². The summed E-state index contributed by atoms with van der Waals surface area (Å²) in [6, 6.07) is 20.5. The molecule has 5 nitrogen and oxygen atoms in total. The van der Waals surface area contributed by atoms with Gasteiger partial charge < -0.3 is 4.90 Å². The maximum absolute atomic E-state index is 12.6. The zero-order valence-electron chi connectivity index (χ0n) is 15.4. The molecule has 1 fully saturated rings. The third kappa shape index (κ3) is 4.44. The van der Waals surface area contributed by atoms with Crippen LogP contribution in [0.3, 0.4) is 0 Å². The molecule has 1 saturated heterocycles. The molecule has 3 aromatic rings. The molecule has 1 aromatic heterocycles. The number of para-hydroxylation sites is 1. The third-order valence-electron chi connectivity index (χ3n) is 4.99. The SMILES string of the molecule is O=C(Cc1cnn(-c2ccccc2)c1)N1CCN(Cc2ccccc2)CC1. The zero-order valence-corrected chi connectivity index (χ0v) is 15.4. The summed E-state index contributed by atoms with van der Waals surface area (Å²) in [7, 11) is 0. The van der Waals surface area contributed by atoms with Crippen molar-refractivity contribution < 1.29 is 4.79 Å². The van der Waals surface area contributed by atoms with Gasteiger partial charge in [0, 0.05) is 38.9 Å². The van der Waals surface area contributed by atoms with Crippen molar-refractivity contribution >= 4 is 5.91 Å². The molecule has 4 rings (SSSR count). The van der Waals surface area contributed by atoms with Crippen molar-refractivity contribution in [3.63, 3.8) is 0 Å². The van der Waals surface area contributed by atoms with Crippen molar-refractivity contribution in [2.75, 3.05) is 26.2 Å². The maximum Gasteiger partial charge on any atom is 0.227 e. The second kappa shape index (κ2) is 8.18. The number of aromatic nitrogens is 2. The summed E-state index contributed by atoms with van der Waals surface area (Å²) in [6.45, 7) is 4.37. The number of nitrogens with zero attached hydrogens (tertiary/aromatic N) is 4. The van der Waals surface area contributed by atoms with Crippen LogP contribution in [-0.4, -0.2) is 51.7 Å². The van der Waals surface area contributed by atoms with Crippen LogP contribution in [0.4, 0.5) is 0 Å². The second-order valence-electron chi connectivity index (χ2n) is 6.95. The van der Waals surface area contributed by atoms with Gasteiger partial charge in [0.25, 0.3) is 0 Å². The largest absolute Gasteiger partial charge is 0.340 e. The highest BCUT2D eigenvalue weighted by atomic mass is 16.2. The fourth-order valence-corrected chi connectivity index (χ4v) is 3.46. The lowest BCUT2D eigenvalue weighted by atomic mass is 10.2. The first-order valence-corrected chi connectivity index (χ1v) is 9.41. The van der Waals surface area contributed by atoms with Crippen LogP contribution in [0.25, 0.3) is 5.69 Å². The fourth-order valence-electron chi connectivity index (χ4n) is 3.46. The van der Waals surface area contributed by atoms with E-state index in [2.05, 4.69) is 34.3 Å². The molecule has 0 unspecified atom stereocenters. The van der Waals surface area contributed by atoms with E-state index in [-0.39, 0.29) is 5.91 Å². The van der Waals surface area contributed by atoms with Crippen LogP contribution in [0.15, 0.2) is 73.1 Å². The number of carbonyl (C=O) groups is 1. The van der Waals surface area contributed by atoms with Crippen LogP contribution in [0.2, 0.25) is 0 Å². The van der Waals surface area contributed by atoms with E-state index in [1.807, 2.05) is 52.2 Å². The normalized spacial score (nSPS) is 15.0. The topological polar surface area (TPSA) is 41.4 Å². The van der Waals surface area contributed by atoms with E-state index in [9.17, 15) is 4.79 Å². The van der Waals surface area contributed by atoms with Crippen molar-refractivity contribution in [2.24, 2.45) is 0 Å².